The molecule has 1 saturated heterocycles. The Hall–Kier alpha value is -2.99. The second-order valence-corrected chi connectivity index (χ2v) is 9.12. The Balaban J connectivity index is 1.17. The van der Waals surface area contributed by atoms with Crippen molar-refractivity contribution in [2.75, 3.05) is 19.0 Å². The predicted octanol–water partition coefficient (Wildman–Crippen LogP) is 1.84. The second-order valence-electron chi connectivity index (χ2n) is 9.12. The summed E-state index contributed by atoms with van der Waals surface area (Å²) in [5.74, 6) is 0.907. The van der Waals surface area contributed by atoms with Crippen LogP contribution in [0.25, 0.3) is 0 Å². The number of H-pyrrole nitrogens is 1. The summed E-state index contributed by atoms with van der Waals surface area (Å²) >= 11 is 0. The first-order chi connectivity index (χ1) is 15.8. The van der Waals surface area contributed by atoms with E-state index in [1.54, 1.807) is 20.2 Å². The number of methoxy groups -OCH3 is 1. The van der Waals surface area contributed by atoms with Gasteiger partial charge in [-0.25, -0.2) is 9.18 Å². The van der Waals surface area contributed by atoms with Crippen molar-refractivity contribution < 1.29 is 28.2 Å². The number of halogens is 1. The van der Waals surface area contributed by atoms with E-state index in [2.05, 4.69) is 32.9 Å². The van der Waals surface area contributed by atoms with E-state index in [-0.39, 0.29) is 24.6 Å². The van der Waals surface area contributed by atoms with Gasteiger partial charge in [-0.15, -0.1) is 0 Å². The molecule has 0 spiro atoms. The van der Waals surface area contributed by atoms with Gasteiger partial charge in [0.25, 0.3) is 5.91 Å². The van der Waals surface area contributed by atoms with Gasteiger partial charge in [-0.2, -0.15) is 10.2 Å². The molecule has 2 aromatic heterocycles. The van der Waals surface area contributed by atoms with Crippen molar-refractivity contribution in [1.82, 2.24) is 25.3 Å². The topological polar surface area (TPSA) is 132 Å². The van der Waals surface area contributed by atoms with Crippen LogP contribution >= 0.6 is 0 Å². The molecule has 0 unspecified atom stereocenters. The molecule has 0 aromatic carbocycles. The molecule has 12 heteroatoms. The van der Waals surface area contributed by atoms with Crippen molar-refractivity contribution >= 4 is 17.8 Å². The average Bonchev–Trinajstić information content (AvgIpc) is 3.45. The van der Waals surface area contributed by atoms with E-state index in [9.17, 15) is 14.0 Å². The number of aryl methyl sites for hydroxylation is 1. The van der Waals surface area contributed by atoms with E-state index < -0.39 is 30.4 Å². The molecule has 11 nitrogen and oxygen atoms in total. The smallest absolute Gasteiger partial charge is 0.408 e. The summed E-state index contributed by atoms with van der Waals surface area (Å²) in [5, 5.41) is 16.5. The van der Waals surface area contributed by atoms with E-state index in [4.69, 9.17) is 14.2 Å². The highest BCUT2D eigenvalue weighted by atomic mass is 19.1. The van der Waals surface area contributed by atoms with Gasteiger partial charge in [0.2, 0.25) is 0 Å². The highest BCUT2D eigenvalue weighted by Crippen LogP contribution is 2.61. The number of alkyl halides is 1. The number of carbonyl (C=O) groups excluding carboxylic acids is 2. The van der Waals surface area contributed by atoms with Gasteiger partial charge in [-0.1, -0.05) is 6.92 Å². The van der Waals surface area contributed by atoms with Crippen LogP contribution in [0.3, 0.4) is 0 Å². The number of rotatable bonds is 7. The fourth-order valence-electron chi connectivity index (χ4n) is 4.94. The molecule has 1 aliphatic heterocycles. The molecule has 0 radical (unpaired) electrons. The second kappa shape index (κ2) is 8.10. The van der Waals surface area contributed by atoms with Crippen LogP contribution in [0.1, 0.15) is 47.7 Å². The molecule has 4 atom stereocenters. The van der Waals surface area contributed by atoms with Gasteiger partial charge in [0.05, 0.1) is 24.6 Å². The minimum atomic E-state index is -1.57. The van der Waals surface area contributed by atoms with Crippen molar-refractivity contribution in [3.63, 3.8) is 0 Å². The summed E-state index contributed by atoms with van der Waals surface area (Å²) in [6.45, 7) is 2.32. The van der Waals surface area contributed by atoms with E-state index >= 15 is 0 Å². The van der Waals surface area contributed by atoms with Crippen molar-refractivity contribution in [2.45, 2.75) is 50.3 Å². The maximum atomic E-state index is 15.0. The summed E-state index contributed by atoms with van der Waals surface area (Å²) in [6.07, 6.45) is -2.27. The number of amides is 2. The number of hydrogen-bond acceptors (Lipinski definition) is 7. The zero-order chi connectivity index (χ0) is 23.3. The molecule has 2 amide bonds. The van der Waals surface area contributed by atoms with Crippen LogP contribution in [0.5, 0.6) is 0 Å². The minimum Gasteiger partial charge on any atom is -0.441 e. The lowest BCUT2D eigenvalue weighted by Gasteiger charge is -2.67. The van der Waals surface area contributed by atoms with E-state index in [0.29, 0.717) is 28.9 Å². The third-order valence-corrected chi connectivity index (χ3v) is 7.13. The molecule has 3 heterocycles. The number of aromatic nitrogens is 4. The number of ether oxygens (including phenoxy) is 3. The summed E-state index contributed by atoms with van der Waals surface area (Å²) in [5.41, 5.74) is 1.10. The third-order valence-electron chi connectivity index (χ3n) is 7.13. The summed E-state index contributed by atoms with van der Waals surface area (Å²) in [6, 6.07) is 3.11. The maximum absolute atomic E-state index is 15.0. The first-order valence-corrected chi connectivity index (χ1v) is 10.9. The molecule has 2 bridgehead atoms. The van der Waals surface area contributed by atoms with Crippen LogP contribution in [-0.2, 0) is 27.9 Å². The molecule has 3 N–H and O–H groups in total. The fourth-order valence-corrected chi connectivity index (χ4v) is 4.94. The lowest BCUT2D eigenvalue weighted by molar-refractivity contribution is -0.123. The Kier molecular flexibility index (Phi) is 5.36. The van der Waals surface area contributed by atoms with E-state index in [1.165, 1.54) is 10.7 Å². The molecular weight excluding hydrogens is 435 g/mol. The minimum absolute atomic E-state index is 0.0670. The number of nitrogens with zero attached hydrogens (tertiary/aromatic N) is 3. The number of hydrogen-bond donors (Lipinski definition) is 3. The van der Waals surface area contributed by atoms with Crippen LogP contribution in [0.4, 0.5) is 15.0 Å². The number of carbonyl (C=O) groups is 2. The quantitative estimate of drug-likeness (QED) is 0.572. The largest absolute Gasteiger partial charge is 0.441 e. The predicted molar refractivity (Wildman–Crippen MR) is 112 cm³/mol. The van der Waals surface area contributed by atoms with E-state index in [0.717, 1.165) is 12.8 Å². The molecule has 2 aromatic rings. The van der Waals surface area contributed by atoms with E-state index in [1.807, 2.05) is 0 Å². The Morgan fingerprint density at radius 2 is 2.18 bits per heavy atom. The molecule has 33 heavy (non-hydrogen) atoms. The van der Waals surface area contributed by atoms with Gasteiger partial charge in [-0.05, 0) is 30.7 Å². The number of alkyl carbamates (subject to hydrolysis) is 1. The molecule has 178 valence electrons. The highest BCUT2D eigenvalue weighted by molar-refractivity contribution is 6.02. The first-order valence-electron chi connectivity index (χ1n) is 10.9. The van der Waals surface area contributed by atoms with Crippen LogP contribution in [0.15, 0.2) is 12.1 Å². The Labute approximate surface area is 189 Å². The van der Waals surface area contributed by atoms with Gasteiger partial charge in [0.15, 0.2) is 18.1 Å². The average molecular weight is 462 g/mol. The number of nitrogens with one attached hydrogen (secondary N) is 3. The fraction of sp³-hybridized carbons (Fsp3) is 0.619. The van der Waals surface area contributed by atoms with Crippen LogP contribution < -0.4 is 10.6 Å². The Bertz CT molecular complexity index is 1060. The lowest BCUT2D eigenvalue weighted by atomic mass is 9.43. The number of aromatic amines is 1. The standard InChI is InChI=1S/C21H27FN6O5/c1-10-11-6-21(10,7-11)24-20(30)33-15-9-32-18(17(15)22)13-5-16(26-25-13)23-19(29)14-4-12(8-31-3)27-28(14)2/h4-5,10-11,15,17-18H,6-9H2,1-3H3,(H,24,30)(H2,23,25,26,29)/t10-,11?,15+,17-,18+,21?/m0/s1. The number of anilines is 1. The van der Waals surface area contributed by atoms with Crippen LogP contribution in [0, 0.1) is 11.8 Å². The maximum Gasteiger partial charge on any atom is 0.408 e. The highest BCUT2D eigenvalue weighted by Gasteiger charge is 2.64. The van der Waals surface area contributed by atoms with Crippen molar-refractivity contribution in [1.29, 1.82) is 0 Å². The molecule has 6 rings (SSSR count). The molecule has 3 saturated carbocycles. The zero-order valence-corrected chi connectivity index (χ0v) is 18.6. The molecule has 4 fully saturated rings. The Morgan fingerprint density at radius 1 is 1.39 bits per heavy atom. The van der Waals surface area contributed by atoms with Crippen molar-refractivity contribution in [3.05, 3.63) is 29.2 Å². The summed E-state index contributed by atoms with van der Waals surface area (Å²) in [7, 11) is 3.19. The van der Waals surface area contributed by atoms with Crippen LogP contribution in [0.2, 0.25) is 0 Å². The molecular formula is C21H27FN6O5. The molecule has 3 aliphatic carbocycles. The van der Waals surface area contributed by atoms with Crippen molar-refractivity contribution in [3.8, 4) is 0 Å². The van der Waals surface area contributed by atoms with Gasteiger partial charge in [0, 0.05) is 25.8 Å². The molecule has 4 aliphatic rings. The van der Waals surface area contributed by atoms with Gasteiger partial charge < -0.3 is 24.8 Å². The van der Waals surface area contributed by atoms with Gasteiger partial charge in [-0.3, -0.25) is 14.6 Å². The van der Waals surface area contributed by atoms with Gasteiger partial charge >= 0.3 is 6.09 Å². The van der Waals surface area contributed by atoms with Crippen LogP contribution in [-0.4, -0.2) is 63.5 Å². The normalized spacial score (nSPS) is 32.1. The SMILES string of the molecule is COCc1cc(C(=O)Nc2cc([C@H]3OC[C@@H](OC(=O)NC45CC(C4)[C@@H]5C)[C@@H]3F)[nH]n2)n(C)n1. The summed E-state index contributed by atoms with van der Waals surface area (Å²) < 4.78 is 32.3. The third kappa shape index (κ3) is 3.76. The van der Waals surface area contributed by atoms with Gasteiger partial charge in [0.1, 0.15) is 11.8 Å². The first kappa shape index (κ1) is 21.8. The zero-order valence-electron chi connectivity index (χ0n) is 18.6. The van der Waals surface area contributed by atoms with Crippen molar-refractivity contribution in [2.24, 2.45) is 18.9 Å². The summed E-state index contributed by atoms with van der Waals surface area (Å²) in [4.78, 5) is 24.8. The lowest BCUT2D eigenvalue weighted by Crippen LogP contribution is -2.74. The monoisotopic (exact) mass is 462 g/mol. The Morgan fingerprint density at radius 3 is 2.85 bits per heavy atom.